The zero-order valence-corrected chi connectivity index (χ0v) is 15.3. The number of nitrogens with zero attached hydrogens (tertiary/aromatic N) is 7. The molecule has 8 nitrogen and oxygen atoms in total. The number of tetrazole rings is 1. The second kappa shape index (κ2) is 7.65. The van der Waals surface area contributed by atoms with Crippen molar-refractivity contribution in [2.24, 2.45) is 0 Å². The van der Waals surface area contributed by atoms with Crippen molar-refractivity contribution in [3.63, 3.8) is 0 Å². The molecule has 27 heavy (non-hydrogen) atoms. The normalized spacial score (nSPS) is 10.7. The van der Waals surface area contributed by atoms with E-state index in [1.165, 1.54) is 4.68 Å². The molecule has 0 aliphatic rings. The predicted molar refractivity (Wildman–Crippen MR) is 102 cm³/mol. The number of hydrogen-bond acceptors (Lipinski definition) is 7. The third-order valence-corrected chi connectivity index (χ3v) is 4.62. The number of anilines is 1. The Hall–Kier alpha value is -3.10. The highest BCUT2D eigenvalue weighted by molar-refractivity contribution is 6.43. The molecule has 0 fully saturated rings. The van der Waals surface area contributed by atoms with Crippen molar-refractivity contribution in [3.05, 3.63) is 70.6 Å². The number of halogens is 2. The molecule has 10 heteroatoms. The Morgan fingerprint density at radius 3 is 2.78 bits per heavy atom. The van der Waals surface area contributed by atoms with Crippen LogP contribution in [0.3, 0.4) is 0 Å². The molecule has 0 radical (unpaired) electrons. The Morgan fingerprint density at radius 1 is 1.00 bits per heavy atom. The molecule has 134 valence electrons. The SMILES string of the molecule is Clc1cccc(-n2nnnc2NCc2cccnc2-c2ccnnc2)c1Cl. The molecule has 0 aliphatic carbocycles. The largest absolute Gasteiger partial charge is 0.349 e. The summed E-state index contributed by atoms with van der Waals surface area (Å²) in [5, 5.41) is 23.5. The van der Waals surface area contributed by atoms with E-state index in [9.17, 15) is 0 Å². The van der Waals surface area contributed by atoms with Crippen molar-refractivity contribution in [3.8, 4) is 16.9 Å². The molecule has 0 amide bonds. The quantitative estimate of drug-likeness (QED) is 0.549. The molecule has 0 aliphatic heterocycles. The maximum absolute atomic E-state index is 6.28. The summed E-state index contributed by atoms with van der Waals surface area (Å²) in [5.74, 6) is 0.432. The topological polar surface area (TPSA) is 94.3 Å². The van der Waals surface area contributed by atoms with Crippen molar-refractivity contribution in [1.82, 2.24) is 35.4 Å². The van der Waals surface area contributed by atoms with E-state index in [2.05, 4.69) is 36.0 Å². The van der Waals surface area contributed by atoms with E-state index in [0.717, 1.165) is 16.8 Å². The second-order valence-electron chi connectivity index (χ2n) is 5.48. The molecule has 4 aromatic rings. The molecule has 0 spiro atoms. The van der Waals surface area contributed by atoms with Gasteiger partial charge < -0.3 is 5.32 Å². The first-order chi connectivity index (χ1) is 13.2. The molecule has 1 aromatic carbocycles. The lowest BCUT2D eigenvalue weighted by molar-refractivity contribution is 0.789. The monoisotopic (exact) mass is 398 g/mol. The standard InChI is InChI=1S/C17H12Cl2N8/c18-13-4-1-5-14(15(13)19)27-17(24-25-26-27)21-9-11-3-2-7-20-16(11)12-6-8-22-23-10-12/h1-8,10H,9H2,(H,21,24,26). The Kier molecular flexibility index (Phi) is 4.91. The van der Waals surface area contributed by atoms with Crippen LogP contribution in [0.15, 0.2) is 55.0 Å². The van der Waals surface area contributed by atoms with E-state index in [-0.39, 0.29) is 0 Å². The van der Waals surface area contributed by atoms with Crippen LogP contribution in [0.4, 0.5) is 5.95 Å². The number of nitrogens with one attached hydrogen (secondary N) is 1. The average Bonchev–Trinajstić information content (AvgIpc) is 3.18. The Balaban J connectivity index is 1.62. The van der Waals surface area contributed by atoms with Crippen LogP contribution in [-0.2, 0) is 6.54 Å². The van der Waals surface area contributed by atoms with Gasteiger partial charge in [-0.25, -0.2) is 0 Å². The summed E-state index contributed by atoms with van der Waals surface area (Å²) in [4.78, 5) is 4.45. The summed E-state index contributed by atoms with van der Waals surface area (Å²) in [6.45, 7) is 0.448. The third kappa shape index (κ3) is 3.57. The Morgan fingerprint density at radius 2 is 1.93 bits per heavy atom. The minimum Gasteiger partial charge on any atom is -0.349 e. The Bertz CT molecular complexity index is 1070. The van der Waals surface area contributed by atoms with Crippen molar-refractivity contribution >= 4 is 29.2 Å². The van der Waals surface area contributed by atoms with Gasteiger partial charge in [-0.05, 0) is 40.3 Å². The average molecular weight is 399 g/mol. The van der Waals surface area contributed by atoms with Crippen LogP contribution in [0.2, 0.25) is 10.0 Å². The lowest BCUT2D eigenvalue weighted by Crippen LogP contribution is -2.09. The van der Waals surface area contributed by atoms with Gasteiger partial charge in [0.15, 0.2) is 0 Å². The lowest BCUT2D eigenvalue weighted by atomic mass is 10.1. The van der Waals surface area contributed by atoms with Gasteiger partial charge in [-0.2, -0.15) is 14.9 Å². The molecule has 0 saturated heterocycles. The van der Waals surface area contributed by atoms with Crippen molar-refractivity contribution in [2.45, 2.75) is 6.54 Å². The van der Waals surface area contributed by atoms with Gasteiger partial charge in [-0.1, -0.05) is 40.4 Å². The summed E-state index contributed by atoms with van der Waals surface area (Å²) < 4.78 is 1.50. The number of aromatic nitrogens is 7. The van der Waals surface area contributed by atoms with Crippen LogP contribution in [0.1, 0.15) is 5.56 Å². The van der Waals surface area contributed by atoms with E-state index in [1.807, 2.05) is 18.2 Å². The van der Waals surface area contributed by atoms with Crippen LogP contribution in [0.5, 0.6) is 0 Å². The highest BCUT2D eigenvalue weighted by Crippen LogP contribution is 2.29. The van der Waals surface area contributed by atoms with E-state index < -0.39 is 0 Å². The van der Waals surface area contributed by atoms with Crippen LogP contribution < -0.4 is 5.32 Å². The van der Waals surface area contributed by atoms with E-state index in [4.69, 9.17) is 23.2 Å². The van der Waals surface area contributed by atoms with Gasteiger partial charge in [0.1, 0.15) is 0 Å². The fraction of sp³-hybridized carbons (Fsp3) is 0.0588. The molecular formula is C17H12Cl2N8. The summed E-state index contributed by atoms with van der Waals surface area (Å²) in [5.41, 5.74) is 3.22. The van der Waals surface area contributed by atoms with Crippen molar-refractivity contribution in [1.29, 1.82) is 0 Å². The van der Waals surface area contributed by atoms with Gasteiger partial charge >= 0.3 is 0 Å². The fourth-order valence-electron chi connectivity index (χ4n) is 2.56. The predicted octanol–water partition coefficient (Wildman–Crippen LogP) is 3.43. The van der Waals surface area contributed by atoms with Gasteiger partial charge in [0.05, 0.1) is 33.8 Å². The van der Waals surface area contributed by atoms with Crippen LogP contribution >= 0.6 is 23.2 Å². The van der Waals surface area contributed by atoms with Crippen LogP contribution in [0, 0.1) is 0 Å². The van der Waals surface area contributed by atoms with Gasteiger partial charge in [0, 0.05) is 18.3 Å². The van der Waals surface area contributed by atoms with Crippen molar-refractivity contribution < 1.29 is 0 Å². The van der Waals surface area contributed by atoms with E-state index in [0.29, 0.717) is 28.2 Å². The minimum absolute atomic E-state index is 0.374. The molecule has 0 atom stereocenters. The smallest absolute Gasteiger partial charge is 0.248 e. The molecule has 4 rings (SSSR count). The molecule has 0 bridgehead atoms. The first kappa shape index (κ1) is 17.3. The Labute approximate surface area is 164 Å². The van der Waals surface area contributed by atoms with E-state index in [1.54, 1.807) is 36.8 Å². The zero-order valence-electron chi connectivity index (χ0n) is 13.8. The summed E-state index contributed by atoms with van der Waals surface area (Å²) in [7, 11) is 0. The van der Waals surface area contributed by atoms with E-state index >= 15 is 0 Å². The number of hydrogen-bond donors (Lipinski definition) is 1. The maximum Gasteiger partial charge on any atom is 0.248 e. The zero-order chi connectivity index (χ0) is 18.6. The molecule has 0 saturated carbocycles. The maximum atomic E-state index is 6.28. The first-order valence-corrected chi connectivity index (χ1v) is 8.67. The summed E-state index contributed by atoms with van der Waals surface area (Å²) in [6, 6.07) is 11.0. The highest BCUT2D eigenvalue weighted by Gasteiger charge is 2.14. The highest BCUT2D eigenvalue weighted by atomic mass is 35.5. The van der Waals surface area contributed by atoms with Crippen LogP contribution in [-0.4, -0.2) is 35.4 Å². The second-order valence-corrected chi connectivity index (χ2v) is 6.27. The number of pyridine rings is 1. The molecule has 3 aromatic heterocycles. The van der Waals surface area contributed by atoms with Gasteiger partial charge in [-0.3, -0.25) is 4.98 Å². The molecule has 0 unspecified atom stereocenters. The van der Waals surface area contributed by atoms with Gasteiger partial charge in [-0.15, -0.1) is 0 Å². The third-order valence-electron chi connectivity index (χ3n) is 3.81. The van der Waals surface area contributed by atoms with Gasteiger partial charge in [0.2, 0.25) is 5.95 Å². The summed E-state index contributed by atoms with van der Waals surface area (Å²) >= 11 is 12.4. The minimum atomic E-state index is 0.374. The van der Waals surface area contributed by atoms with Gasteiger partial charge in [0.25, 0.3) is 0 Å². The first-order valence-electron chi connectivity index (χ1n) is 7.91. The number of rotatable bonds is 5. The molecular weight excluding hydrogens is 387 g/mol. The fourth-order valence-corrected chi connectivity index (χ4v) is 2.94. The van der Waals surface area contributed by atoms with Crippen molar-refractivity contribution in [2.75, 3.05) is 5.32 Å². The molecule has 3 heterocycles. The summed E-state index contributed by atoms with van der Waals surface area (Å²) in [6.07, 6.45) is 5.03. The lowest BCUT2D eigenvalue weighted by Gasteiger charge is -2.11. The number of benzene rings is 1. The molecule has 1 N–H and O–H groups in total. The van der Waals surface area contributed by atoms with Crippen LogP contribution in [0.25, 0.3) is 16.9 Å².